The molecule has 3 atom stereocenters. The molecule has 174 valence electrons. The van der Waals surface area contributed by atoms with Crippen LogP contribution in [-0.4, -0.2) is 63.6 Å². The van der Waals surface area contributed by atoms with Crippen LogP contribution in [0.4, 0.5) is 13.6 Å². The van der Waals surface area contributed by atoms with Gasteiger partial charge in [-0.05, 0) is 68.7 Å². The zero-order valence-electron chi connectivity index (χ0n) is 18.0. The van der Waals surface area contributed by atoms with Gasteiger partial charge in [-0.2, -0.15) is 0 Å². The van der Waals surface area contributed by atoms with Crippen LogP contribution in [0, 0.1) is 11.6 Å². The van der Waals surface area contributed by atoms with Crippen LogP contribution in [0.25, 0.3) is 0 Å². The maximum atomic E-state index is 14.1. The number of hydrogen-bond donors (Lipinski definition) is 1. The Morgan fingerprint density at radius 2 is 1.90 bits per heavy atom. The van der Waals surface area contributed by atoms with Crippen molar-refractivity contribution in [2.75, 3.05) is 20.0 Å². The number of carbonyl (C=O) groups excluding carboxylic acids is 1. The van der Waals surface area contributed by atoms with E-state index < -0.39 is 39.8 Å². The molecule has 1 N–H and O–H groups in total. The smallest absolute Gasteiger partial charge is 0.410 e. The van der Waals surface area contributed by atoms with Crippen molar-refractivity contribution in [1.29, 1.82) is 0 Å². The molecule has 2 aliphatic rings. The van der Waals surface area contributed by atoms with Crippen molar-refractivity contribution in [2.45, 2.75) is 69.2 Å². The lowest BCUT2D eigenvalue weighted by atomic mass is 9.82. The van der Waals surface area contributed by atoms with E-state index in [4.69, 9.17) is 9.47 Å². The Morgan fingerprint density at radius 3 is 2.52 bits per heavy atom. The molecule has 1 aromatic rings. The van der Waals surface area contributed by atoms with Gasteiger partial charge in [0.25, 0.3) is 0 Å². The number of halogens is 2. The predicted octanol–water partition coefficient (Wildman–Crippen LogP) is 3.15. The molecule has 1 saturated heterocycles. The van der Waals surface area contributed by atoms with E-state index in [1.165, 1.54) is 18.1 Å². The Morgan fingerprint density at radius 1 is 1.23 bits per heavy atom. The van der Waals surface area contributed by atoms with Gasteiger partial charge in [-0.15, -0.1) is 0 Å². The van der Waals surface area contributed by atoms with Crippen LogP contribution in [0.5, 0.6) is 0 Å². The van der Waals surface area contributed by atoms with Crippen LogP contribution in [0.2, 0.25) is 0 Å². The minimum atomic E-state index is -3.46. The first-order valence-electron chi connectivity index (χ1n) is 10.5. The van der Waals surface area contributed by atoms with E-state index in [1.54, 1.807) is 0 Å². The third-order valence-electron chi connectivity index (χ3n) is 6.22. The van der Waals surface area contributed by atoms with Gasteiger partial charge in [0.15, 0.2) is 0 Å². The minimum absolute atomic E-state index is 0.0618. The third-order valence-corrected chi connectivity index (χ3v) is 6.95. The second kappa shape index (κ2) is 9.79. The number of methoxy groups -OCH3 is 1. The molecule has 0 radical (unpaired) electrons. The summed E-state index contributed by atoms with van der Waals surface area (Å²) >= 11 is 0. The van der Waals surface area contributed by atoms with E-state index in [0.717, 1.165) is 18.4 Å². The molecule has 1 amide bonds. The van der Waals surface area contributed by atoms with E-state index in [2.05, 4.69) is 4.72 Å². The van der Waals surface area contributed by atoms with Crippen LogP contribution in [0.15, 0.2) is 18.2 Å². The fraction of sp³-hybridized carbons (Fsp3) is 0.667. The van der Waals surface area contributed by atoms with Crippen LogP contribution in [0.3, 0.4) is 0 Å². The molecule has 10 heteroatoms. The SMILES string of the molecule is COC(=O)N1[C@H](C)C[C@H](NS(C)(=O)=O)[C@@H]1COC1CCC(c2cc(F)ccc2F)CC1. The Kier molecular flexibility index (Phi) is 7.54. The normalized spacial score (nSPS) is 29.2. The minimum Gasteiger partial charge on any atom is -0.453 e. The molecule has 31 heavy (non-hydrogen) atoms. The molecule has 1 saturated carbocycles. The molecule has 2 fully saturated rings. The number of benzene rings is 1. The third kappa shape index (κ3) is 5.93. The lowest BCUT2D eigenvalue weighted by Crippen LogP contribution is -2.50. The number of amides is 1. The summed E-state index contributed by atoms with van der Waals surface area (Å²) in [5, 5.41) is 0. The lowest BCUT2D eigenvalue weighted by molar-refractivity contribution is -0.00872. The highest BCUT2D eigenvalue weighted by molar-refractivity contribution is 7.88. The first kappa shape index (κ1) is 23.9. The van der Waals surface area contributed by atoms with E-state index in [-0.39, 0.29) is 24.7 Å². The monoisotopic (exact) mass is 460 g/mol. The molecule has 1 aromatic carbocycles. The second-order valence-corrected chi connectivity index (χ2v) is 10.3. The molecule has 1 aliphatic heterocycles. The fourth-order valence-corrected chi connectivity index (χ4v) is 5.58. The van der Waals surface area contributed by atoms with Gasteiger partial charge in [-0.3, -0.25) is 4.90 Å². The standard InChI is InChI=1S/C21H30F2N2O5S/c1-13-10-19(24-31(3,27)28)20(25(13)21(26)29-2)12-30-16-7-4-14(5-8-16)17-11-15(22)6-9-18(17)23/h6,9,11,13-14,16,19-20,24H,4-5,7-8,10,12H2,1-3H3/t13-,14?,16?,19+,20+/m1/s1. The van der Waals surface area contributed by atoms with Gasteiger partial charge in [0.05, 0.1) is 32.1 Å². The van der Waals surface area contributed by atoms with Gasteiger partial charge in [-0.25, -0.2) is 26.7 Å². The Labute approximate surface area is 182 Å². The van der Waals surface area contributed by atoms with Crippen LogP contribution in [-0.2, 0) is 19.5 Å². The van der Waals surface area contributed by atoms with E-state index in [0.29, 0.717) is 37.7 Å². The zero-order valence-corrected chi connectivity index (χ0v) is 18.8. The highest BCUT2D eigenvalue weighted by atomic mass is 32.2. The topological polar surface area (TPSA) is 84.9 Å². The van der Waals surface area contributed by atoms with Crippen molar-refractivity contribution < 1.29 is 31.5 Å². The summed E-state index contributed by atoms with van der Waals surface area (Å²) in [4.78, 5) is 13.8. The maximum Gasteiger partial charge on any atom is 0.410 e. The fourth-order valence-electron chi connectivity index (χ4n) is 4.78. The lowest BCUT2D eigenvalue weighted by Gasteiger charge is -2.33. The molecule has 1 aliphatic carbocycles. The number of nitrogens with zero attached hydrogens (tertiary/aromatic N) is 1. The van der Waals surface area contributed by atoms with Crippen molar-refractivity contribution in [1.82, 2.24) is 9.62 Å². The maximum absolute atomic E-state index is 14.1. The van der Waals surface area contributed by atoms with Crippen molar-refractivity contribution >= 4 is 16.1 Å². The van der Waals surface area contributed by atoms with Crippen LogP contribution < -0.4 is 4.72 Å². The molecular formula is C21H30F2N2O5S. The summed E-state index contributed by atoms with van der Waals surface area (Å²) in [6.07, 6.45) is 3.60. The number of hydrogen-bond acceptors (Lipinski definition) is 5. The quantitative estimate of drug-likeness (QED) is 0.705. The van der Waals surface area contributed by atoms with Crippen LogP contribution >= 0.6 is 0 Å². The summed E-state index contributed by atoms with van der Waals surface area (Å²) in [6.45, 7) is 2.00. The highest BCUT2D eigenvalue weighted by Crippen LogP contribution is 2.36. The molecular weight excluding hydrogens is 430 g/mol. The number of carbonyl (C=O) groups is 1. The Bertz CT molecular complexity index is 890. The van der Waals surface area contributed by atoms with Crippen LogP contribution in [0.1, 0.15) is 50.5 Å². The summed E-state index contributed by atoms with van der Waals surface area (Å²) in [7, 11) is -2.17. The van der Waals surface area contributed by atoms with Gasteiger partial charge < -0.3 is 9.47 Å². The van der Waals surface area contributed by atoms with Gasteiger partial charge >= 0.3 is 6.09 Å². The molecule has 1 heterocycles. The van der Waals surface area contributed by atoms with Crippen molar-refractivity contribution in [3.63, 3.8) is 0 Å². The number of ether oxygens (including phenoxy) is 2. The van der Waals surface area contributed by atoms with Gasteiger partial charge in [-0.1, -0.05) is 0 Å². The molecule has 3 rings (SSSR count). The molecule has 0 bridgehead atoms. The first-order valence-corrected chi connectivity index (χ1v) is 12.4. The average Bonchev–Trinajstić information content (AvgIpc) is 3.01. The van der Waals surface area contributed by atoms with E-state index in [1.807, 2.05) is 6.92 Å². The Hall–Kier alpha value is -1.78. The highest BCUT2D eigenvalue weighted by Gasteiger charge is 2.44. The van der Waals surface area contributed by atoms with Gasteiger partial charge in [0.2, 0.25) is 10.0 Å². The number of rotatable bonds is 6. The van der Waals surface area contributed by atoms with Gasteiger partial charge in [0.1, 0.15) is 11.6 Å². The van der Waals surface area contributed by atoms with Crippen molar-refractivity contribution in [2.24, 2.45) is 0 Å². The molecule has 0 spiro atoms. The van der Waals surface area contributed by atoms with Crippen molar-refractivity contribution in [3.05, 3.63) is 35.4 Å². The largest absolute Gasteiger partial charge is 0.453 e. The molecule has 7 nitrogen and oxygen atoms in total. The average molecular weight is 461 g/mol. The number of likely N-dealkylation sites (tertiary alicyclic amines) is 1. The molecule has 0 unspecified atom stereocenters. The number of sulfonamides is 1. The van der Waals surface area contributed by atoms with Crippen molar-refractivity contribution in [3.8, 4) is 0 Å². The summed E-state index contributed by atoms with van der Waals surface area (Å²) in [5.74, 6) is -0.903. The van der Waals surface area contributed by atoms with E-state index >= 15 is 0 Å². The molecule has 0 aromatic heterocycles. The number of nitrogens with one attached hydrogen (secondary N) is 1. The zero-order chi connectivity index (χ0) is 22.8. The second-order valence-electron chi connectivity index (χ2n) is 8.50. The summed E-state index contributed by atoms with van der Waals surface area (Å²) in [6, 6.07) is 2.37. The first-order chi connectivity index (χ1) is 14.6. The predicted molar refractivity (Wildman–Crippen MR) is 111 cm³/mol. The van der Waals surface area contributed by atoms with E-state index in [9.17, 15) is 22.0 Å². The Balaban J connectivity index is 1.61. The summed E-state index contributed by atoms with van der Waals surface area (Å²) in [5.41, 5.74) is 0.400. The van der Waals surface area contributed by atoms with Gasteiger partial charge in [0, 0.05) is 12.1 Å². The summed E-state index contributed by atoms with van der Waals surface area (Å²) < 4.78 is 64.7.